The van der Waals surface area contributed by atoms with E-state index in [-0.39, 0.29) is 37.6 Å². The van der Waals surface area contributed by atoms with Crippen molar-refractivity contribution in [3.63, 3.8) is 0 Å². The molecule has 10 aromatic rings. The summed E-state index contributed by atoms with van der Waals surface area (Å²) in [6.45, 7) is 13.2. The van der Waals surface area contributed by atoms with E-state index in [9.17, 15) is 5.11 Å². The van der Waals surface area contributed by atoms with Crippen molar-refractivity contribution < 1.29 is 26.2 Å². The van der Waals surface area contributed by atoms with E-state index < -0.39 is 0 Å². The van der Waals surface area contributed by atoms with Gasteiger partial charge >= 0.3 is 0 Å². The molecule has 3 aromatic heterocycles. The molecule has 0 unspecified atom stereocenters. The smallest absolute Gasteiger partial charge is 0.148 e. The molecule has 0 amide bonds. The van der Waals surface area contributed by atoms with E-state index in [2.05, 4.69) is 180 Å². The van der Waals surface area contributed by atoms with Gasteiger partial charge in [0.2, 0.25) is 0 Å². The maximum atomic E-state index is 12.4. The van der Waals surface area contributed by atoms with Gasteiger partial charge in [0.05, 0.1) is 27.8 Å². The van der Waals surface area contributed by atoms with E-state index in [0.29, 0.717) is 11.4 Å². The third-order valence-corrected chi connectivity index (χ3v) is 12.4. The fourth-order valence-corrected chi connectivity index (χ4v) is 9.49. The Morgan fingerprint density at radius 2 is 1.31 bits per heavy atom. The topological polar surface area (TPSA) is 50.9 Å². The van der Waals surface area contributed by atoms with Crippen molar-refractivity contribution in [2.45, 2.75) is 52.4 Å². The minimum atomic E-state index is -0.310. The van der Waals surface area contributed by atoms with Crippen LogP contribution in [0.4, 0.5) is 0 Å². The normalized spacial score (nSPS) is 12.2. The van der Waals surface area contributed by atoms with Gasteiger partial charge in [-0.15, -0.1) is 11.6 Å². The third-order valence-electron chi connectivity index (χ3n) is 11.3. The summed E-state index contributed by atoms with van der Waals surface area (Å²) in [5.41, 5.74) is 11.1. The first-order valence-corrected chi connectivity index (χ1v) is 20.4. The molecule has 58 heavy (non-hydrogen) atoms. The first-order valence-electron chi connectivity index (χ1n) is 19.6. The number of para-hydroxylation sites is 3. The molecule has 0 aliphatic carbocycles. The zero-order valence-corrected chi connectivity index (χ0v) is 36.4. The maximum Gasteiger partial charge on any atom is 0.148 e. The maximum absolute atomic E-state index is 12.4. The second-order valence-electron chi connectivity index (χ2n) is 17.1. The summed E-state index contributed by atoms with van der Waals surface area (Å²) in [7, 11) is 0. The van der Waals surface area contributed by atoms with Gasteiger partial charge in [-0.1, -0.05) is 172 Å². The average molecular weight is 952 g/mol. The zero-order valence-electron chi connectivity index (χ0n) is 33.3. The summed E-state index contributed by atoms with van der Waals surface area (Å²) in [5.74, 6) is 0.946. The number of phenols is 1. The summed E-state index contributed by atoms with van der Waals surface area (Å²) in [6.07, 6.45) is 0. The number of imidazole rings is 1. The van der Waals surface area contributed by atoms with Gasteiger partial charge < -0.3 is 5.11 Å². The number of benzene rings is 7. The van der Waals surface area contributed by atoms with Crippen LogP contribution in [0.25, 0.3) is 92.3 Å². The first-order chi connectivity index (χ1) is 27.5. The summed E-state index contributed by atoms with van der Waals surface area (Å²) in [4.78, 5) is 10.8. The van der Waals surface area contributed by atoms with Gasteiger partial charge in [-0.25, -0.2) is 4.98 Å². The van der Waals surface area contributed by atoms with Crippen LogP contribution in [0.5, 0.6) is 5.75 Å². The van der Waals surface area contributed by atoms with Gasteiger partial charge in [0.15, 0.2) is 0 Å². The second-order valence-corrected chi connectivity index (χ2v) is 18.2. The van der Waals surface area contributed by atoms with Gasteiger partial charge in [0.25, 0.3) is 0 Å². The summed E-state index contributed by atoms with van der Waals surface area (Å²) in [6, 6.07) is 52.9. The molecular formula is C52H42N3OPtS-. The molecule has 0 fully saturated rings. The van der Waals surface area contributed by atoms with Crippen LogP contribution in [0.15, 0.2) is 140 Å². The molecule has 6 heteroatoms. The number of phenolic OH excluding ortho intramolecular Hbond substituents is 1. The van der Waals surface area contributed by atoms with Crippen molar-refractivity contribution in [2.75, 3.05) is 0 Å². The standard InChI is InChI=1S/C52H42N3OS.Pt/c1-51(2,3)33-28-40(48(56)41(29-33)52(4,5)6)50-54-46-36(23-16-26-44(46)55(50)43-25-15-13-20-34(43)31-17-8-7-9-18-31)38-30-39-47-45(27-32-19-10-14-24-42(32)53-47)57-49(39)37-22-12-11-21-35(37)38;/h7-29,56H,1-6H3;/q-1;. The Bertz CT molecular complexity index is 3220. The molecule has 288 valence electrons. The Labute approximate surface area is 357 Å². The van der Waals surface area contributed by atoms with Crippen LogP contribution in [0, 0.1) is 6.07 Å². The molecule has 3 heterocycles. The molecule has 1 N–H and O–H groups in total. The average Bonchev–Trinajstić information content (AvgIpc) is 3.77. The third kappa shape index (κ3) is 6.15. The van der Waals surface area contributed by atoms with Crippen molar-refractivity contribution >= 4 is 64.3 Å². The van der Waals surface area contributed by atoms with Crippen LogP contribution in [0.2, 0.25) is 0 Å². The van der Waals surface area contributed by atoms with Crippen molar-refractivity contribution in [3.05, 3.63) is 157 Å². The largest absolute Gasteiger partial charge is 0.507 e. The number of aromatic nitrogens is 3. The number of hydrogen-bond acceptors (Lipinski definition) is 4. The molecule has 0 aliphatic heterocycles. The minimum Gasteiger partial charge on any atom is -0.507 e. The van der Waals surface area contributed by atoms with E-state index in [4.69, 9.17) is 9.97 Å². The molecule has 0 bridgehead atoms. The van der Waals surface area contributed by atoms with Crippen LogP contribution in [0.1, 0.15) is 52.7 Å². The number of pyridine rings is 1. The van der Waals surface area contributed by atoms with Gasteiger partial charge in [-0.2, -0.15) is 11.3 Å². The molecule has 0 atom stereocenters. The molecule has 0 radical (unpaired) electrons. The predicted molar refractivity (Wildman–Crippen MR) is 241 cm³/mol. The molecule has 0 aliphatic rings. The first kappa shape index (κ1) is 37.9. The van der Waals surface area contributed by atoms with E-state index in [0.717, 1.165) is 82.0 Å². The Kier molecular flexibility index (Phi) is 9.19. The van der Waals surface area contributed by atoms with Crippen LogP contribution in [-0.2, 0) is 31.9 Å². The molecule has 7 aromatic carbocycles. The van der Waals surface area contributed by atoms with Crippen molar-refractivity contribution in [1.29, 1.82) is 0 Å². The van der Waals surface area contributed by atoms with Gasteiger partial charge in [0.1, 0.15) is 11.6 Å². The number of fused-ring (bicyclic) bond motifs is 7. The van der Waals surface area contributed by atoms with Crippen molar-refractivity contribution in [1.82, 2.24) is 14.5 Å². The summed E-state index contributed by atoms with van der Waals surface area (Å²) >= 11 is 1.78. The van der Waals surface area contributed by atoms with Crippen molar-refractivity contribution in [2.24, 2.45) is 0 Å². The molecule has 0 saturated carbocycles. The number of rotatable bonds is 4. The number of nitrogens with zero attached hydrogens (tertiary/aromatic N) is 3. The SMILES string of the molecule is CC(C)(C)c1cc(-c2nc3c(-c4[c-]c5c6nc7ccccc7cc6sc5c5ccccc45)cccc3n2-c2ccccc2-c2ccccc2)c(O)c(C(C)(C)C)c1.[Pt]. The molecular weight excluding hydrogens is 910 g/mol. The Morgan fingerprint density at radius 1 is 0.621 bits per heavy atom. The Balaban J connectivity index is 0.00000436. The molecule has 4 nitrogen and oxygen atoms in total. The number of aromatic hydroxyl groups is 1. The predicted octanol–water partition coefficient (Wildman–Crippen LogP) is 14.2. The minimum absolute atomic E-state index is 0. The van der Waals surface area contributed by atoms with Crippen LogP contribution in [-0.4, -0.2) is 19.6 Å². The quantitative estimate of drug-likeness (QED) is 0.179. The fraction of sp³-hybridized carbons (Fsp3) is 0.154. The van der Waals surface area contributed by atoms with Gasteiger partial charge in [-0.3, -0.25) is 9.55 Å². The number of thiophene rings is 1. The Morgan fingerprint density at radius 3 is 2.09 bits per heavy atom. The van der Waals surface area contributed by atoms with E-state index >= 15 is 0 Å². The van der Waals surface area contributed by atoms with E-state index in [1.807, 2.05) is 12.1 Å². The number of hydrogen-bond donors (Lipinski definition) is 1. The molecule has 0 spiro atoms. The van der Waals surface area contributed by atoms with E-state index in [1.165, 1.54) is 10.1 Å². The van der Waals surface area contributed by atoms with Crippen LogP contribution >= 0.6 is 11.3 Å². The van der Waals surface area contributed by atoms with Crippen LogP contribution in [0.3, 0.4) is 0 Å². The molecule has 0 saturated heterocycles. The second kappa shape index (κ2) is 14.0. The van der Waals surface area contributed by atoms with Crippen molar-refractivity contribution in [3.8, 4) is 45.1 Å². The molecule has 10 rings (SSSR count). The zero-order chi connectivity index (χ0) is 39.2. The van der Waals surface area contributed by atoms with E-state index in [1.54, 1.807) is 11.3 Å². The Hall–Kier alpha value is -5.61. The summed E-state index contributed by atoms with van der Waals surface area (Å²) in [5, 5.41) is 16.8. The van der Waals surface area contributed by atoms with Gasteiger partial charge in [0, 0.05) is 47.8 Å². The van der Waals surface area contributed by atoms with Gasteiger partial charge in [-0.05, 0) is 57.0 Å². The monoisotopic (exact) mass is 951 g/mol. The summed E-state index contributed by atoms with van der Waals surface area (Å²) < 4.78 is 4.58. The fourth-order valence-electron chi connectivity index (χ4n) is 8.30. The van der Waals surface area contributed by atoms with Crippen LogP contribution < -0.4 is 0 Å².